The molecule has 0 saturated carbocycles. The average molecular weight is 312 g/mol. The molecule has 0 amide bonds. The van der Waals surface area contributed by atoms with Crippen molar-refractivity contribution >= 4 is 44.8 Å². The minimum atomic E-state index is 0. The van der Waals surface area contributed by atoms with Gasteiger partial charge in [-0.15, -0.1) is 0 Å². The number of hydrogen-bond donors (Lipinski definition) is 0. The molecule has 92 valence electrons. The van der Waals surface area contributed by atoms with Gasteiger partial charge in [0.05, 0.1) is 0 Å². The van der Waals surface area contributed by atoms with E-state index in [1.807, 2.05) is 0 Å². The molecule has 0 rings (SSSR count). The predicted octanol–water partition coefficient (Wildman–Crippen LogP) is -2.79. The van der Waals surface area contributed by atoms with E-state index in [0.29, 0.717) is 0 Å². The molecule has 0 N–H and O–H groups in total. The van der Waals surface area contributed by atoms with Crippen molar-refractivity contribution in [3.05, 3.63) is 0 Å². The van der Waals surface area contributed by atoms with Crippen LogP contribution in [-0.2, 0) is 0 Å². The van der Waals surface area contributed by atoms with Crippen molar-refractivity contribution < 1.29 is 62.0 Å². The van der Waals surface area contributed by atoms with E-state index in [1.165, 1.54) is 11.8 Å². The number of thiocarbonyl (C=S) groups is 2. The van der Waals surface area contributed by atoms with Gasteiger partial charge in [0.25, 0.3) is 0 Å². The summed E-state index contributed by atoms with van der Waals surface area (Å²) in [6, 6.07) is 0. The van der Waals surface area contributed by atoms with Crippen LogP contribution in [0.2, 0.25) is 0 Å². The number of rotatable bonds is 4. The Bertz CT molecular complexity index is 207. The molecule has 0 aromatic carbocycles. The summed E-state index contributed by atoms with van der Waals surface area (Å²) in [5.74, 6) is 0. The summed E-state index contributed by atoms with van der Waals surface area (Å²) in [7, 11) is 0. The third-order valence-electron chi connectivity index (χ3n) is 2.22. The summed E-state index contributed by atoms with van der Waals surface area (Å²) < 4.78 is 1.77. The largest absolute Gasteiger partial charge is 1.00 e. The maximum atomic E-state index is 5.34. The van der Waals surface area contributed by atoms with Gasteiger partial charge in [0, 0.05) is 26.2 Å². The normalized spacial score (nSPS) is 8.71. The minimum absolute atomic E-state index is 0. The van der Waals surface area contributed by atoms with Crippen molar-refractivity contribution in [3.8, 4) is 0 Å². The Morgan fingerprint density at radius 2 is 1.06 bits per heavy atom. The van der Waals surface area contributed by atoms with E-state index in [1.54, 1.807) is 0 Å². The molecule has 0 heterocycles. The number of thioether (sulfide) groups is 1. The SMILES string of the molecule is CCN(CC)C(=S)SC(=S)N(CC)CC.[H-].[H-].[Na+].[Na+]. The molecular weight excluding hydrogens is 290 g/mol. The first-order valence-corrected chi connectivity index (χ1v) is 6.99. The first kappa shape index (κ1) is 24.2. The summed E-state index contributed by atoms with van der Waals surface area (Å²) in [5.41, 5.74) is 0. The van der Waals surface area contributed by atoms with Crippen LogP contribution >= 0.6 is 36.2 Å². The molecule has 0 aliphatic carbocycles. The topological polar surface area (TPSA) is 6.48 Å². The Morgan fingerprint density at radius 1 is 0.824 bits per heavy atom. The molecule has 0 aliphatic heterocycles. The van der Waals surface area contributed by atoms with Gasteiger partial charge in [0.1, 0.15) is 8.64 Å². The summed E-state index contributed by atoms with van der Waals surface area (Å²) in [6.07, 6.45) is 0. The molecule has 2 nitrogen and oxygen atoms in total. The van der Waals surface area contributed by atoms with Crippen LogP contribution in [-0.4, -0.2) is 44.6 Å². The second-order valence-corrected chi connectivity index (χ2v) is 5.25. The van der Waals surface area contributed by atoms with Crippen LogP contribution in [0.5, 0.6) is 0 Å². The quantitative estimate of drug-likeness (QED) is 0.408. The maximum absolute atomic E-state index is 5.34. The van der Waals surface area contributed by atoms with Crippen LogP contribution in [0.15, 0.2) is 0 Å². The summed E-state index contributed by atoms with van der Waals surface area (Å²) in [5, 5.41) is 0. The molecule has 0 fully saturated rings. The monoisotopic (exact) mass is 312 g/mol. The van der Waals surface area contributed by atoms with Crippen molar-refractivity contribution in [2.75, 3.05) is 26.2 Å². The summed E-state index contributed by atoms with van der Waals surface area (Å²) >= 11 is 12.2. The Balaban J connectivity index is -0.000000163. The first-order valence-electron chi connectivity index (χ1n) is 5.36. The zero-order chi connectivity index (χ0) is 11.8. The van der Waals surface area contributed by atoms with E-state index < -0.39 is 0 Å². The number of nitrogens with zero attached hydrogens (tertiary/aromatic N) is 2. The fourth-order valence-corrected chi connectivity index (χ4v) is 3.24. The van der Waals surface area contributed by atoms with E-state index in [2.05, 4.69) is 37.5 Å². The van der Waals surface area contributed by atoms with E-state index in [9.17, 15) is 0 Å². The van der Waals surface area contributed by atoms with Crippen LogP contribution in [0.3, 0.4) is 0 Å². The molecular formula is C10H22N2Na2S3. The molecule has 0 spiro atoms. The Hall–Kier alpha value is 2.13. The molecule has 0 radical (unpaired) electrons. The van der Waals surface area contributed by atoms with Gasteiger partial charge < -0.3 is 12.7 Å². The minimum Gasteiger partial charge on any atom is -1.00 e. The van der Waals surface area contributed by atoms with Crippen molar-refractivity contribution in [3.63, 3.8) is 0 Å². The van der Waals surface area contributed by atoms with Crippen molar-refractivity contribution in [2.45, 2.75) is 27.7 Å². The van der Waals surface area contributed by atoms with E-state index in [4.69, 9.17) is 24.4 Å². The van der Waals surface area contributed by atoms with Crippen molar-refractivity contribution in [2.24, 2.45) is 0 Å². The Labute approximate surface area is 168 Å². The second-order valence-electron chi connectivity index (χ2n) is 2.98. The second kappa shape index (κ2) is 14.5. The molecule has 0 aromatic heterocycles. The van der Waals surface area contributed by atoms with Gasteiger partial charge in [-0.1, -0.05) is 24.4 Å². The van der Waals surface area contributed by atoms with Crippen LogP contribution in [0, 0.1) is 0 Å². The third kappa shape index (κ3) is 9.63. The van der Waals surface area contributed by atoms with Crippen LogP contribution < -0.4 is 59.1 Å². The predicted molar refractivity (Wildman–Crippen MR) is 80.9 cm³/mol. The smallest absolute Gasteiger partial charge is 1.00 e. The van der Waals surface area contributed by atoms with Gasteiger partial charge in [0.15, 0.2) is 0 Å². The van der Waals surface area contributed by atoms with E-state index >= 15 is 0 Å². The molecule has 0 bridgehead atoms. The molecule has 0 aromatic rings. The van der Waals surface area contributed by atoms with Gasteiger partial charge in [0.2, 0.25) is 0 Å². The van der Waals surface area contributed by atoms with Crippen LogP contribution in [0.25, 0.3) is 0 Å². The summed E-state index contributed by atoms with van der Waals surface area (Å²) in [6.45, 7) is 12.2. The zero-order valence-corrected chi connectivity index (χ0v) is 18.4. The van der Waals surface area contributed by atoms with Gasteiger partial charge in [-0.3, -0.25) is 0 Å². The van der Waals surface area contributed by atoms with E-state index in [-0.39, 0.29) is 62.0 Å². The fraction of sp³-hybridized carbons (Fsp3) is 0.800. The average Bonchev–Trinajstić information content (AvgIpc) is 2.21. The molecule has 0 saturated heterocycles. The van der Waals surface area contributed by atoms with E-state index in [0.717, 1.165) is 34.8 Å². The molecule has 7 heteroatoms. The number of hydrogen-bond acceptors (Lipinski definition) is 3. The van der Waals surface area contributed by atoms with Gasteiger partial charge in [-0.2, -0.15) is 0 Å². The molecule has 0 aliphatic rings. The first-order chi connectivity index (χ1) is 7.10. The van der Waals surface area contributed by atoms with Crippen molar-refractivity contribution in [1.82, 2.24) is 9.80 Å². The molecule has 17 heavy (non-hydrogen) atoms. The Kier molecular flexibility index (Phi) is 20.7. The maximum Gasteiger partial charge on any atom is 1.00 e. The van der Waals surface area contributed by atoms with Crippen LogP contribution in [0.4, 0.5) is 0 Å². The summed E-state index contributed by atoms with van der Waals surface area (Å²) in [4.78, 5) is 4.30. The Morgan fingerprint density at radius 3 is 1.24 bits per heavy atom. The van der Waals surface area contributed by atoms with Gasteiger partial charge in [-0.05, 0) is 39.5 Å². The molecule has 0 atom stereocenters. The third-order valence-corrected chi connectivity index (χ3v) is 4.10. The zero-order valence-electron chi connectivity index (χ0n) is 13.9. The standard InChI is InChI=1S/C10H20N2S3.2Na.2H/c1-5-11(6-2)9(13)15-10(14)12(7-3)8-4;;;;/h5-8H2,1-4H3;;;;/q;2*+1;2*-1. The van der Waals surface area contributed by atoms with Gasteiger partial charge >= 0.3 is 59.1 Å². The van der Waals surface area contributed by atoms with Gasteiger partial charge in [-0.25, -0.2) is 0 Å². The van der Waals surface area contributed by atoms with Crippen molar-refractivity contribution in [1.29, 1.82) is 0 Å². The van der Waals surface area contributed by atoms with Crippen LogP contribution in [0.1, 0.15) is 30.5 Å². The molecule has 0 unspecified atom stereocenters. The fourth-order valence-electron chi connectivity index (χ4n) is 1.17.